The van der Waals surface area contributed by atoms with Gasteiger partial charge in [0.05, 0.1) is 11.3 Å². The van der Waals surface area contributed by atoms with Gasteiger partial charge < -0.3 is 5.11 Å². The summed E-state index contributed by atoms with van der Waals surface area (Å²) in [5, 5.41) is 11.2. The molecule has 150 valence electrons. The first kappa shape index (κ1) is 19.0. The van der Waals surface area contributed by atoms with Gasteiger partial charge in [-0.2, -0.15) is 0 Å². The lowest BCUT2D eigenvalue weighted by Gasteiger charge is -2.47. The second kappa shape index (κ2) is 8.02. The third-order valence-electron chi connectivity index (χ3n) is 6.26. The van der Waals surface area contributed by atoms with E-state index in [-0.39, 0.29) is 5.92 Å². The molecule has 2 aromatic carbocycles. The second-order valence-corrected chi connectivity index (χ2v) is 8.31. The van der Waals surface area contributed by atoms with Gasteiger partial charge in [0.2, 0.25) is 0 Å². The Morgan fingerprint density at radius 1 is 1.00 bits per heavy atom. The van der Waals surface area contributed by atoms with E-state index in [1.165, 1.54) is 5.56 Å². The molecule has 3 saturated heterocycles. The molecule has 3 aliphatic heterocycles. The van der Waals surface area contributed by atoms with Crippen LogP contribution in [0.5, 0.6) is 0 Å². The molecule has 1 N–H and O–H groups in total. The first-order chi connectivity index (χ1) is 14.7. The normalized spacial score (nSPS) is 24.8. The van der Waals surface area contributed by atoms with Crippen LogP contribution in [0.4, 0.5) is 0 Å². The fourth-order valence-corrected chi connectivity index (χ4v) is 4.53. The van der Waals surface area contributed by atoms with Gasteiger partial charge >= 0.3 is 0 Å². The fourth-order valence-electron chi connectivity index (χ4n) is 4.53. The van der Waals surface area contributed by atoms with Crippen molar-refractivity contribution in [3.63, 3.8) is 0 Å². The zero-order chi connectivity index (χ0) is 20.4. The molecule has 4 heterocycles. The molecule has 6 rings (SSSR count). The van der Waals surface area contributed by atoms with E-state index in [0.717, 1.165) is 42.8 Å². The lowest BCUT2D eigenvalue weighted by atomic mass is 9.76. The highest BCUT2D eigenvalue weighted by Crippen LogP contribution is 2.35. The third-order valence-corrected chi connectivity index (χ3v) is 6.26. The molecule has 4 nitrogen and oxygen atoms in total. The summed E-state index contributed by atoms with van der Waals surface area (Å²) >= 11 is 0. The van der Waals surface area contributed by atoms with Crippen LogP contribution < -0.4 is 0 Å². The van der Waals surface area contributed by atoms with Crippen LogP contribution in [0.3, 0.4) is 0 Å². The van der Waals surface area contributed by atoms with Crippen molar-refractivity contribution >= 4 is 0 Å². The standard InChI is InChI=1S/C26H25N3O/c30-26(19-29-15-12-23(26)13-16-29)14-11-22-18-27-25(21-9-5-2-6-10-21)28-24(22)17-20-7-3-1-4-8-20/h1-10,18,23,30H,12-13,15-17,19H2. The zero-order valence-electron chi connectivity index (χ0n) is 17.0. The average Bonchev–Trinajstić information content (AvgIpc) is 2.80. The lowest BCUT2D eigenvalue weighted by Crippen LogP contribution is -2.58. The minimum absolute atomic E-state index is 0.261. The summed E-state index contributed by atoms with van der Waals surface area (Å²) < 4.78 is 0. The van der Waals surface area contributed by atoms with Crippen molar-refractivity contribution in [2.24, 2.45) is 5.92 Å². The largest absolute Gasteiger partial charge is 0.376 e. The van der Waals surface area contributed by atoms with Gasteiger partial charge in [0.1, 0.15) is 5.60 Å². The summed E-state index contributed by atoms with van der Waals surface area (Å²) in [5.74, 6) is 7.43. The quantitative estimate of drug-likeness (QED) is 0.689. The summed E-state index contributed by atoms with van der Waals surface area (Å²) in [6, 6.07) is 20.3. The summed E-state index contributed by atoms with van der Waals surface area (Å²) in [5.41, 5.74) is 2.93. The van der Waals surface area contributed by atoms with Crippen LogP contribution >= 0.6 is 0 Å². The Bertz CT molecular complexity index is 1080. The number of benzene rings is 2. The predicted octanol–water partition coefficient (Wildman–Crippen LogP) is 3.54. The molecule has 0 spiro atoms. The number of piperidine rings is 3. The molecule has 4 heteroatoms. The first-order valence-corrected chi connectivity index (χ1v) is 10.6. The van der Waals surface area contributed by atoms with Gasteiger partial charge in [0, 0.05) is 30.6 Å². The smallest absolute Gasteiger partial charge is 0.159 e. The monoisotopic (exact) mass is 395 g/mol. The van der Waals surface area contributed by atoms with Crippen LogP contribution in [0.1, 0.15) is 29.7 Å². The summed E-state index contributed by atoms with van der Waals surface area (Å²) in [6.45, 7) is 2.78. The zero-order valence-corrected chi connectivity index (χ0v) is 17.0. The molecule has 30 heavy (non-hydrogen) atoms. The number of aliphatic hydroxyl groups is 1. The number of rotatable bonds is 3. The van der Waals surface area contributed by atoms with Crippen LogP contribution in [0.15, 0.2) is 66.9 Å². The molecular weight excluding hydrogens is 370 g/mol. The fraction of sp³-hybridized carbons (Fsp3) is 0.308. The number of hydrogen-bond donors (Lipinski definition) is 1. The maximum absolute atomic E-state index is 11.2. The number of fused-ring (bicyclic) bond motifs is 3. The minimum Gasteiger partial charge on any atom is -0.376 e. The molecule has 3 fully saturated rings. The van der Waals surface area contributed by atoms with Crippen LogP contribution in [0, 0.1) is 17.8 Å². The highest BCUT2D eigenvalue weighted by molar-refractivity contribution is 5.56. The Morgan fingerprint density at radius 2 is 1.70 bits per heavy atom. The molecule has 0 radical (unpaired) electrons. The number of hydrogen-bond acceptors (Lipinski definition) is 4. The van der Waals surface area contributed by atoms with Crippen molar-refractivity contribution in [2.75, 3.05) is 19.6 Å². The molecule has 1 unspecified atom stereocenters. The van der Waals surface area contributed by atoms with Crippen molar-refractivity contribution in [1.82, 2.24) is 14.9 Å². The predicted molar refractivity (Wildman–Crippen MR) is 118 cm³/mol. The van der Waals surface area contributed by atoms with E-state index < -0.39 is 5.60 Å². The van der Waals surface area contributed by atoms with Gasteiger partial charge in [-0.15, -0.1) is 0 Å². The Kier molecular flexibility index (Phi) is 5.08. The maximum atomic E-state index is 11.2. The maximum Gasteiger partial charge on any atom is 0.159 e. The SMILES string of the molecule is OC1(C#Cc2cnc(-c3ccccc3)nc2Cc2ccccc2)CN2CCC1CC2. The number of nitrogens with zero attached hydrogens (tertiary/aromatic N) is 3. The van der Waals surface area contributed by atoms with Crippen molar-refractivity contribution in [3.8, 4) is 23.2 Å². The van der Waals surface area contributed by atoms with E-state index in [2.05, 4.69) is 33.9 Å². The van der Waals surface area contributed by atoms with Gasteiger partial charge in [0.15, 0.2) is 5.82 Å². The molecular formula is C26H25N3O. The Hall–Kier alpha value is -3.00. The summed E-state index contributed by atoms with van der Waals surface area (Å²) in [4.78, 5) is 11.8. The molecule has 1 atom stereocenters. The van der Waals surface area contributed by atoms with E-state index in [9.17, 15) is 5.11 Å². The highest BCUT2D eigenvalue weighted by Gasteiger charge is 2.44. The second-order valence-electron chi connectivity index (χ2n) is 8.31. The summed E-state index contributed by atoms with van der Waals surface area (Å²) in [7, 11) is 0. The van der Waals surface area contributed by atoms with E-state index in [1.807, 2.05) is 54.7 Å². The van der Waals surface area contributed by atoms with Gasteiger partial charge in [-0.25, -0.2) is 9.97 Å². The van der Waals surface area contributed by atoms with Crippen molar-refractivity contribution in [2.45, 2.75) is 24.9 Å². The third kappa shape index (κ3) is 3.87. The molecule has 0 saturated carbocycles. The first-order valence-electron chi connectivity index (χ1n) is 10.6. The van der Waals surface area contributed by atoms with E-state index in [0.29, 0.717) is 18.8 Å². The van der Waals surface area contributed by atoms with E-state index in [1.54, 1.807) is 0 Å². The van der Waals surface area contributed by atoms with Gasteiger partial charge in [-0.3, -0.25) is 4.90 Å². The Morgan fingerprint density at radius 3 is 2.37 bits per heavy atom. The minimum atomic E-state index is -0.932. The summed E-state index contributed by atoms with van der Waals surface area (Å²) in [6.07, 6.45) is 4.53. The van der Waals surface area contributed by atoms with E-state index in [4.69, 9.17) is 4.98 Å². The Balaban J connectivity index is 1.51. The van der Waals surface area contributed by atoms with Gasteiger partial charge in [-0.05, 0) is 31.5 Å². The molecule has 2 bridgehead atoms. The van der Waals surface area contributed by atoms with Crippen LogP contribution in [0.2, 0.25) is 0 Å². The molecule has 3 aliphatic rings. The average molecular weight is 396 g/mol. The van der Waals surface area contributed by atoms with Crippen molar-refractivity contribution < 1.29 is 5.11 Å². The molecule has 1 aromatic heterocycles. The molecule has 0 aliphatic carbocycles. The van der Waals surface area contributed by atoms with Crippen LogP contribution in [-0.2, 0) is 6.42 Å². The molecule has 3 aromatic rings. The van der Waals surface area contributed by atoms with Crippen molar-refractivity contribution in [3.05, 3.63) is 83.7 Å². The lowest BCUT2D eigenvalue weighted by molar-refractivity contribution is -0.0713. The van der Waals surface area contributed by atoms with Crippen molar-refractivity contribution in [1.29, 1.82) is 0 Å². The van der Waals surface area contributed by atoms with Gasteiger partial charge in [-0.1, -0.05) is 72.5 Å². The molecule has 0 amide bonds. The van der Waals surface area contributed by atoms with Gasteiger partial charge in [0.25, 0.3) is 0 Å². The van der Waals surface area contributed by atoms with Crippen LogP contribution in [0.25, 0.3) is 11.4 Å². The topological polar surface area (TPSA) is 49.3 Å². The number of aromatic nitrogens is 2. The van der Waals surface area contributed by atoms with Crippen LogP contribution in [-0.4, -0.2) is 45.2 Å². The van der Waals surface area contributed by atoms with E-state index >= 15 is 0 Å². The Labute approximate surface area is 177 Å². The highest BCUT2D eigenvalue weighted by atomic mass is 16.3.